The van der Waals surface area contributed by atoms with E-state index in [1.807, 2.05) is 37.3 Å². The van der Waals surface area contributed by atoms with Crippen LogP contribution in [0.4, 0.5) is 9.93 Å². The van der Waals surface area contributed by atoms with E-state index in [-0.39, 0.29) is 11.6 Å². The van der Waals surface area contributed by atoms with Gasteiger partial charge < -0.3 is 15.0 Å². The van der Waals surface area contributed by atoms with Gasteiger partial charge in [-0.2, -0.15) is 5.26 Å². The van der Waals surface area contributed by atoms with E-state index in [0.717, 1.165) is 52.1 Å². The summed E-state index contributed by atoms with van der Waals surface area (Å²) < 4.78 is 6.03. The molecule has 4 aromatic rings. The van der Waals surface area contributed by atoms with Crippen LogP contribution in [-0.2, 0) is 4.74 Å². The topological polar surface area (TPSA) is 116 Å². The number of aromatic nitrogens is 3. The highest BCUT2D eigenvalue weighted by Crippen LogP contribution is 2.40. The Balaban J connectivity index is 1.35. The fraction of sp³-hybridized carbons (Fsp3) is 0.296. The van der Waals surface area contributed by atoms with Crippen molar-refractivity contribution in [3.05, 3.63) is 60.0 Å². The van der Waals surface area contributed by atoms with E-state index in [4.69, 9.17) is 9.72 Å². The molecule has 0 saturated carbocycles. The second-order valence-electron chi connectivity index (χ2n) is 9.39. The van der Waals surface area contributed by atoms with Gasteiger partial charge in [0.05, 0.1) is 46.5 Å². The zero-order valence-electron chi connectivity index (χ0n) is 20.3. The molecule has 186 valence electrons. The first kappa shape index (κ1) is 23.5. The fourth-order valence-corrected chi connectivity index (χ4v) is 5.96. The molecule has 2 fully saturated rings. The summed E-state index contributed by atoms with van der Waals surface area (Å²) in [5, 5.41) is 17.3. The molecule has 2 aromatic carbocycles. The number of nitriles is 1. The van der Waals surface area contributed by atoms with E-state index >= 15 is 0 Å². The van der Waals surface area contributed by atoms with E-state index in [0.29, 0.717) is 36.1 Å². The third-order valence-corrected chi connectivity index (χ3v) is 7.96. The molecule has 9 nitrogen and oxygen atoms in total. The zero-order valence-corrected chi connectivity index (χ0v) is 21.1. The normalized spacial score (nSPS) is 19.3. The SMILES string of the molecule is Cc1ncnc2ccc(-c3sc(NC(=O)N4CCC5(CNCCO5)C4)nc3-c3cccc(C#N)c3)cc12. The Morgan fingerprint density at radius 1 is 1.24 bits per heavy atom. The number of thiazole rings is 1. The van der Waals surface area contributed by atoms with Gasteiger partial charge in [0.25, 0.3) is 0 Å². The Morgan fingerprint density at radius 3 is 3.00 bits per heavy atom. The van der Waals surface area contributed by atoms with Gasteiger partial charge in [-0.05, 0) is 43.2 Å². The Labute approximate surface area is 218 Å². The van der Waals surface area contributed by atoms with Crippen molar-refractivity contribution in [2.75, 3.05) is 38.1 Å². The van der Waals surface area contributed by atoms with Crippen LogP contribution in [-0.4, -0.2) is 64.3 Å². The molecule has 4 heterocycles. The molecule has 1 unspecified atom stereocenters. The molecule has 6 rings (SSSR count). The number of carbonyl (C=O) groups excluding carboxylic acids is 1. The number of likely N-dealkylation sites (tertiary alicyclic amines) is 1. The Bertz CT molecular complexity index is 1540. The molecule has 37 heavy (non-hydrogen) atoms. The van der Waals surface area contributed by atoms with Crippen LogP contribution >= 0.6 is 11.3 Å². The number of carbonyl (C=O) groups is 1. The van der Waals surface area contributed by atoms with Crippen molar-refractivity contribution in [3.8, 4) is 27.8 Å². The molecule has 2 saturated heterocycles. The lowest BCUT2D eigenvalue weighted by atomic mass is 10.0. The van der Waals surface area contributed by atoms with Crippen LogP contribution < -0.4 is 10.6 Å². The number of anilines is 1. The van der Waals surface area contributed by atoms with Crippen molar-refractivity contribution < 1.29 is 9.53 Å². The van der Waals surface area contributed by atoms with Crippen LogP contribution in [0.2, 0.25) is 0 Å². The molecule has 1 spiro atoms. The van der Waals surface area contributed by atoms with Gasteiger partial charge in [-0.15, -0.1) is 0 Å². The van der Waals surface area contributed by atoms with Crippen LogP contribution in [0.15, 0.2) is 48.8 Å². The van der Waals surface area contributed by atoms with Crippen LogP contribution in [0, 0.1) is 18.3 Å². The molecule has 10 heteroatoms. The van der Waals surface area contributed by atoms with E-state index in [9.17, 15) is 10.1 Å². The monoisotopic (exact) mass is 511 g/mol. The average molecular weight is 512 g/mol. The van der Waals surface area contributed by atoms with Gasteiger partial charge >= 0.3 is 6.03 Å². The van der Waals surface area contributed by atoms with Gasteiger partial charge in [-0.25, -0.2) is 19.7 Å². The van der Waals surface area contributed by atoms with Gasteiger partial charge in [0.1, 0.15) is 6.33 Å². The van der Waals surface area contributed by atoms with Crippen LogP contribution in [0.3, 0.4) is 0 Å². The number of hydrogen-bond donors (Lipinski definition) is 2. The Morgan fingerprint density at radius 2 is 2.16 bits per heavy atom. The summed E-state index contributed by atoms with van der Waals surface area (Å²) in [5.74, 6) is 0. The van der Waals surface area contributed by atoms with Crippen molar-refractivity contribution in [1.29, 1.82) is 5.26 Å². The lowest BCUT2D eigenvalue weighted by Gasteiger charge is -2.34. The predicted molar refractivity (Wildman–Crippen MR) is 142 cm³/mol. The highest BCUT2D eigenvalue weighted by Gasteiger charge is 2.42. The van der Waals surface area contributed by atoms with Crippen molar-refractivity contribution in [2.24, 2.45) is 0 Å². The van der Waals surface area contributed by atoms with E-state index < -0.39 is 0 Å². The Kier molecular flexibility index (Phi) is 6.04. The quantitative estimate of drug-likeness (QED) is 0.424. The summed E-state index contributed by atoms with van der Waals surface area (Å²) in [6.45, 7) is 5.39. The average Bonchev–Trinajstić information content (AvgIpc) is 3.54. The maximum atomic E-state index is 13.2. The largest absolute Gasteiger partial charge is 0.370 e. The maximum absolute atomic E-state index is 13.2. The third-order valence-electron chi connectivity index (χ3n) is 6.94. The molecule has 2 aliphatic rings. The standard InChI is InChI=1S/C27H25N7O2S/c1-17-21-12-20(5-6-22(21)31-16-30-17)24-23(19-4-2-3-18(11-19)13-28)32-25(37-24)33-26(35)34-9-7-27(15-34)14-29-8-10-36-27/h2-6,11-12,16,29H,7-10,14-15H2,1H3,(H,32,33,35). The van der Waals surface area contributed by atoms with Crippen LogP contribution in [0.5, 0.6) is 0 Å². The number of fused-ring (bicyclic) bond motifs is 1. The van der Waals surface area contributed by atoms with Gasteiger partial charge in [-0.3, -0.25) is 5.32 Å². The molecular formula is C27H25N7O2S. The van der Waals surface area contributed by atoms with Crippen molar-refractivity contribution in [3.63, 3.8) is 0 Å². The smallest absolute Gasteiger partial charge is 0.323 e. The summed E-state index contributed by atoms with van der Waals surface area (Å²) in [7, 11) is 0. The van der Waals surface area contributed by atoms with Crippen LogP contribution in [0.1, 0.15) is 17.7 Å². The summed E-state index contributed by atoms with van der Waals surface area (Å²) >= 11 is 1.41. The first-order valence-electron chi connectivity index (χ1n) is 12.2. The number of rotatable bonds is 3. The first-order chi connectivity index (χ1) is 18.0. The second-order valence-corrected chi connectivity index (χ2v) is 10.4. The highest BCUT2D eigenvalue weighted by molar-refractivity contribution is 7.19. The van der Waals surface area contributed by atoms with Crippen LogP contribution in [0.25, 0.3) is 32.6 Å². The van der Waals surface area contributed by atoms with Gasteiger partial charge in [0.2, 0.25) is 0 Å². The number of benzene rings is 2. The fourth-order valence-electron chi connectivity index (χ4n) is 4.99. The number of nitrogens with zero attached hydrogens (tertiary/aromatic N) is 5. The van der Waals surface area contributed by atoms with Gasteiger partial charge in [0.15, 0.2) is 5.13 Å². The lowest BCUT2D eigenvalue weighted by molar-refractivity contribution is -0.0551. The van der Waals surface area contributed by atoms with Gasteiger partial charge in [0, 0.05) is 36.3 Å². The molecule has 2 aromatic heterocycles. The number of aryl methyl sites for hydroxylation is 1. The molecule has 2 amide bonds. The minimum absolute atomic E-state index is 0.188. The first-order valence-corrected chi connectivity index (χ1v) is 13.0. The minimum Gasteiger partial charge on any atom is -0.370 e. The molecule has 0 aliphatic carbocycles. The lowest BCUT2D eigenvalue weighted by Crippen LogP contribution is -2.52. The molecule has 2 N–H and O–H groups in total. The minimum atomic E-state index is -0.308. The summed E-state index contributed by atoms with van der Waals surface area (Å²) in [6, 6.07) is 15.4. The zero-order chi connectivity index (χ0) is 25.4. The number of nitrogens with one attached hydrogen (secondary N) is 2. The third kappa shape index (κ3) is 4.53. The van der Waals surface area contributed by atoms with Gasteiger partial charge in [-0.1, -0.05) is 29.5 Å². The summed E-state index contributed by atoms with van der Waals surface area (Å²) in [6.07, 6.45) is 2.37. The number of amides is 2. The maximum Gasteiger partial charge on any atom is 0.323 e. The summed E-state index contributed by atoms with van der Waals surface area (Å²) in [5.41, 5.74) is 4.47. The van der Waals surface area contributed by atoms with Crippen molar-refractivity contribution in [1.82, 2.24) is 25.2 Å². The molecule has 0 bridgehead atoms. The second kappa shape index (κ2) is 9.52. The Hall–Kier alpha value is -3.91. The molecule has 0 radical (unpaired) electrons. The number of urea groups is 1. The van der Waals surface area contributed by atoms with E-state index in [1.165, 1.54) is 11.3 Å². The molecule has 2 aliphatic heterocycles. The number of hydrogen-bond acceptors (Lipinski definition) is 8. The van der Waals surface area contributed by atoms with Crippen molar-refractivity contribution in [2.45, 2.75) is 18.9 Å². The highest BCUT2D eigenvalue weighted by atomic mass is 32.1. The van der Waals surface area contributed by atoms with E-state index in [1.54, 1.807) is 17.3 Å². The predicted octanol–water partition coefficient (Wildman–Crippen LogP) is 4.20. The van der Waals surface area contributed by atoms with E-state index in [2.05, 4.69) is 32.7 Å². The number of morpholine rings is 1. The molecule has 1 atom stereocenters. The molecular weight excluding hydrogens is 486 g/mol. The van der Waals surface area contributed by atoms with Crippen molar-refractivity contribution >= 4 is 33.4 Å². The summed E-state index contributed by atoms with van der Waals surface area (Å²) in [4.78, 5) is 29.4. The number of ether oxygens (including phenoxy) is 1.